The molecule has 0 spiro atoms. The molecule has 0 N–H and O–H groups in total. The van der Waals surface area contributed by atoms with Gasteiger partial charge in [-0.2, -0.15) is 4.99 Å². The van der Waals surface area contributed by atoms with E-state index in [1.807, 2.05) is 29.7 Å². The maximum absolute atomic E-state index is 12.4. The van der Waals surface area contributed by atoms with Crippen molar-refractivity contribution in [3.63, 3.8) is 0 Å². The smallest absolute Gasteiger partial charge is 0.272 e. The van der Waals surface area contributed by atoms with Gasteiger partial charge in [0, 0.05) is 24.8 Å². The lowest BCUT2D eigenvalue weighted by Crippen LogP contribution is -2.15. The van der Waals surface area contributed by atoms with E-state index in [4.69, 9.17) is 4.74 Å². The first-order valence-corrected chi connectivity index (χ1v) is 9.71. The predicted octanol–water partition coefficient (Wildman–Crippen LogP) is 4.34. The lowest BCUT2D eigenvalue weighted by atomic mass is 10.2. The predicted molar refractivity (Wildman–Crippen MR) is 114 cm³/mol. The summed E-state index contributed by atoms with van der Waals surface area (Å²) >= 11 is 1.38. The van der Waals surface area contributed by atoms with Crippen molar-refractivity contribution in [2.45, 2.75) is 13.5 Å². The van der Waals surface area contributed by atoms with Crippen LogP contribution in [0.5, 0.6) is 5.75 Å². The Bertz CT molecular complexity index is 1170. The van der Waals surface area contributed by atoms with E-state index in [0.29, 0.717) is 23.5 Å². The first-order valence-electron chi connectivity index (χ1n) is 8.90. The first kappa shape index (κ1) is 20.2. The monoisotopic (exact) mass is 409 g/mol. The second-order valence-electron chi connectivity index (χ2n) is 5.98. The summed E-state index contributed by atoms with van der Waals surface area (Å²) in [6, 6.07) is 11.8. The van der Waals surface area contributed by atoms with Crippen molar-refractivity contribution in [2.75, 3.05) is 6.61 Å². The van der Waals surface area contributed by atoms with E-state index < -0.39 is 10.8 Å². The van der Waals surface area contributed by atoms with Gasteiger partial charge in [0.15, 0.2) is 4.80 Å². The number of ether oxygens (including phenoxy) is 1. The average molecular weight is 409 g/mol. The number of hydrogen-bond donors (Lipinski definition) is 0. The molecule has 1 amide bonds. The van der Waals surface area contributed by atoms with Crippen LogP contribution >= 0.6 is 11.3 Å². The molecule has 0 aliphatic heterocycles. The third-order valence-electron chi connectivity index (χ3n) is 3.98. The van der Waals surface area contributed by atoms with Crippen molar-refractivity contribution in [3.05, 3.63) is 81.7 Å². The van der Waals surface area contributed by atoms with E-state index in [2.05, 4.69) is 11.6 Å². The summed E-state index contributed by atoms with van der Waals surface area (Å²) in [6.45, 7) is 6.77. The second-order valence-corrected chi connectivity index (χ2v) is 6.99. The molecule has 0 aliphatic carbocycles. The van der Waals surface area contributed by atoms with E-state index in [1.165, 1.54) is 35.6 Å². The van der Waals surface area contributed by atoms with Gasteiger partial charge in [-0.1, -0.05) is 29.5 Å². The molecule has 148 valence electrons. The van der Waals surface area contributed by atoms with Gasteiger partial charge in [0.2, 0.25) is 0 Å². The Morgan fingerprint density at radius 1 is 1.34 bits per heavy atom. The van der Waals surface area contributed by atoms with Crippen molar-refractivity contribution in [1.29, 1.82) is 0 Å². The van der Waals surface area contributed by atoms with Crippen LogP contribution in [0.15, 0.2) is 66.2 Å². The lowest BCUT2D eigenvalue weighted by molar-refractivity contribution is -0.384. The van der Waals surface area contributed by atoms with Crippen LogP contribution in [0, 0.1) is 10.1 Å². The number of carbonyl (C=O) groups is 1. The number of nitrogens with zero attached hydrogens (tertiary/aromatic N) is 3. The average Bonchev–Trinajstić information content (AvgIpc) is 3.03. The van der Waals surface area contributed by atoms with Crippen molar-refractivity contribution in [2.24, 2.45) is 4.99 Å². The fourth-order valence-electron chi connectivity index (χ4n) is 2.74. The molecule has 1 heterocycles. The number of thiazole rings is 1. The first-order chi connectivity index (χ1) is 14.0. The van der Waals surface area contributed by atoms with E-state index in [-0.39, 0.29) is 5.69 Å². The van der Waals surface area contributed by atoms with Crippen LogP contribution in [-0.2, 0) is 11.3 Å². The van der Waals surface area contributed by atoms with E-state index >= 15 is 0 Å². The van der Waals surface area contributed by atoms with Crippen LogP contribution in [0.3, 0.4) is 0 Å². The highest BCUT2D eigenvalue weighted by Gasteiger charge is 2.08. The van der Waals surface area contributed by atoms with Gasteiger partial charge in [0.1, 0.15) is 5.75 Å². The van der Waals surface area contributed by atoms with Crippen LogP contribution in [0.2, 0.25) is 0 Å². The fraction of sp³-hybridized carbons (Fsp3) is 0.143. The molecule has 0 radical (unpaired) electrons. The molecule has 0 unspecified atom stereocenters. The summed E-state index contributed by atoms with van der Waals surface area (Å²) in [4.78, 5) is 27.5. The zero-order valence-electron chi connectivity index (χ0n) is 15.8. The maximum atomic E-state index is 12.4. The highest BCUT2D eigenvalue weighted by Crippen LogP contribution is 2.23. The van der Waals surface area contributed by atoms with E-state index in [0.717, 1.165) is 16.0 Å². The molecule has 0 aliphatic rings. The van der Waals surface area contributed by atoms with Crippen molar-refractivity contribution in [1.82, 2.24) is 4.57 Å². The Morgan fingerprint density at radius 3 is 2.90 bits per heavy atom. The van der Waals surface area contributed by atoms with Crippen molar-refractivity contribution in [3.8, 4) is 5.75 Å². The number of nitro groups is 1. The Kier molecular flexibility index (Phi) is 6.36. The highest BCUT2D eigenvalue weighted by molar-refractivity contribution is 7.16. The minimum absolute atomic E-state index is 0.0324. The molecule has 0 atom stereocenters. The van der Waals surface area contributed by atoms with E-state index in [9.17, 15) is 14.9 Å². The van der Waals surface area contributed by atoms with Crippen LogP contribution < -0.4 is 9.54 Å². The molecule has 0 fully saturated rings. The molecule has 0 bridgehead atoms. The number of amides is 1. The van der Waals surface area contributed by atoms with Gasteiger partial charge in [-0.15, -0.1) is 6.58 Å². The third-order valence-corrected chi connectivity index (χ3v) is 5.02. The topological polar surface area (TPSA) is 86.7 Å². The van der Waals surface area contributed by atoms with Crippen LogP contribution in [0.4, 0.5) is 5.69 Å². The number of carbonyl (C=O) groups excluding carboxylic acids is 1. The number of non-ortho nitro benzene ring substituents is 1. The molecule has 29 heavy (non-hydrogen) atoms. The van der Waals surface area contributed by atoms with Gasteiger partial charge in [0.25, 0.3) is 11.6 Å². The largest absolute Gasteiger partial charge is 0.494 e. The SMILES string of the molecule is C=CCn1c(=NC(=O)/C=C/c2cccc([N+](=O)[O-])c2)sc2cc(OCC)ccc21. The normalized spacial score (nSPS) is 11.8. The number of benzene rings is 2. The van der Waals surface area contributed by atoms with Gasteiger partial charge in [0.05, 0.1) is 21.7 Å². The van der Waals surface area contributed by atoms with Gasteiger partial charge in [-0.25, -0.2) is 0 Å². The summed E-state index contributed by atoms with van der Waals surface area (Å²) in [5.41, 5.74) is 1.46. The molecule has 1 aromatic heterocycles. The quantitative estimate of drug-likeness (QED) is 0.251. The summed E-state index contributed by atoms with van der Waals surface area (Å²) in [7, 11) is 0. The zero-order valence-corrected chi connectivity index (χ0v) is 16.6. The fourth-order valence-corrected chi connectivity index (χ4v) is 3.82. The Balaban J connectivity index is 1.94. The van der Waals surface area contributed by atoms with Crippen LogP contribution in [-0.4, -0.2) is 22.0 Å². The molecule has 7 nitrogen and oxygen atoms in total. The van der Waals surface area contributed by atoms with Gasteiger partial charge in [-0.3, -0.25) is 14.9 Å². The summed E-state index contributed by atoms with van der Waals surface area (Å²) < 4.78 is 8.39. The molecule has 8 heteroatoms. The molecule has 0 saturated heterocycles. The standard InChI is InChI=1S/C21H19N3O4S/c1-3-12-23-18-10-9-17(28-4-2)14-19(18)29-21(23)22-20(25)11-8-15-6-5-7-16(13-15)24(26)27/h3,5-11,13-14H,1,4,12H2,2H3/b11-8+,22-21?. The molecule has 2 aromatic carbocycles. The molecule has 3 rings (SSSR count). The minimum atomic E-state index is -0.477. The lowest BCUT2D eigenvalue weighted by Gasteiger charge is -2.03. The number of hydrogen-bond acceptors (Lipinski definition) is 5. The maximum Gasteiger partial charge on any atom is 0.272 e. The van der Waals surface area contributed by atoms with E-state index in [1.54, 1.807) is 18.2 Å². The van der Waals surface area contributed by atoms with Gasteiger partial charge in [-0.05, 0) is 36.8 Å². The number of rotatable bonds is 7. The summed E-state index contributed by atoms with van der Waals surface area (Å²) in [5, 5.41) is 10.9. The molecule has 0 saturated carbocycles. The number of aromatic nitrogens is 1. The van der Waals surface area contributed by atoms with Crippen molar-refractivity contribution >= 4 is 39.2 Å². The van der Waals surface area contributed by atoms with Crippen LogP contribution in [0.1, 0.15) is 12.5 Å². The number of allylic oxidation sites excluding steroid dienone is 1. The van der Waals surface area contributed by atoms with Crippen molar-refractivity contribution < 1.29 is 14.5 Å². The Morgan fingerprint density at radius 2 is 2.17 bits per heavy atom. The second kappa shape index (κ2) is 9.11. The Labute approximate surface area is 171 Å². The molecular weight excluding hydrogens is 390 g/mol. The Hall–Kier alpha value is -3.52. The summed E-state index contributed by atoms with van der Waals surface area (Å²) in [5.74, 6) is 0.307. The molecular formula is C21H19N3O4S. The van der Waals surface area contributed by atoms with Crippen LogP contribution in [0.25, 0.3) is 16.3 Å². The number of fused-ring (bicyclic) bond motifs is 1. The van der Waals surface area contributed by atoms with Gasteiger partial charge < -0.3 is 9.30 Å². The zero-order chi connectivity index (χ0) is 20.8. The summed E-state index contributed by atoms with van der Waals surface area (Å²) in [6.07, 6.45) is 4.55. The number of nitro benzene ring substituents is 1. The highest BCUT2D eigenvalue weighted by atomic mass is 32.1. The minimum Gasteiger partial charge on any atom is -0.494 e. The van der Waals surface area contributed by atoms with Gasteiger partial charge >= 0.3 is 0 Å². The molecule has 3 aromatic rings. The third kappa shape index (κ3) is 4.85.